The average Bonchev–Trinajstić information content (AvgIpc) is 2.92. The highest BCUT2D eigenvalue weighted by molar-refractivity contribution is 9.10. The van der Waals surface area contributed by atoms with Crippen LogP contribution in [0.2, 0.25) is 0 Å². The first-order chi connectivity index (χ1) is 9.94. The van der Waals surface area contributed by atoms with Crippen LogP contribution in [0, 0.1) is 5.92 Å². The number of aliphatic hydroxyl groups is 1. The Hall–Kier alpha value is -1.34. The molecule has 21 heavy (non-hydrogen) atoms. The minimum absolute atomic E-state index is 0.156. The van der Waals surface area contributed by atoms with Gasteiger partial charge >= 0.3 is 5.97 Å². The standard InChI is InChI=1S/C14H20BrNO5/c1-4-10(8-17)16(7-9(2)14(19)20-3)13(18)11-5-6-12(15)21-11/h5-6,9-10,17H,4,7-8H2,1-3H3. The minimum atomic E-state index is -0.488. The molecule has 1 amide bonds. The zero-order valence-electron chi connectivity index (χ0n) is 12.3. The summed E-state index contributed by atoms with van der Waals surface area (Å²) in [5.74, 6) is -1.10. The summed E-state index contributed by atoms with van der Waals surface area (Å²) >= 11 is 3.15. The van der Waals surface area contributed by atoms with Crippen LogP contribution in [-0.2, 0) is 9.53 Å². The molecule has 0 saturated carbocycles. The molecule has 0 fully saturated rings. The maximum absolute atomic E-state index is 12.5. The third-order valence-electron chi connectivity index (χ3n) is 3.24. The molecule has 2 unspecified atom stereocenters. The smallest absolute Gasteiger partial charge is 0.310 e. The molecule has 1 N–H and O–H groups in total. The molecular formula is C14H20BrNO5. The van der Waals surface area contributed by atoms with E-state index in [2.05, 4.69) is 20.7 Å². The summed E-state index contributed by atoms with van der Waals surface area (Å²) in [6.45, 7) is 3.51. The van der Waals surface area contributed by atoms with Crippen molar-refractivity contribution in [2.24, 2.45) is 5.92 Å². The second kappa shape index (κ2) is 8.19. The van der Waals surface area contributed by atoms with Crippen molar-refractivity contribution < 1.29 is 23.8 Å². The van der Waals surface area contributed by atoms with E-state index in [-0.39, 0.29) is 30.9 Å². The first kappa shape index (κ1) is 17.7. The molecule has 0 spiro atoms. The van der Waals surface area contributed by atoms with Crippen molar-refractivity contribution in [3.63, 3.8) is 0 Å². The molecule has 0 aromatic carbocycles. The highest BCUT2D eigenvalue weighted by Gasteiger charge is 2.29. The molecule has 2 atom stereocenters. The van der Waals surface area contributed by atoms with E-state index in [1.165, 1.54) is 12.0 Å². The SMILES string of the molecule is CCC(CO)N(CC(C)C(=O)OC)C(=O)c1ccc(Br)o1. The van der Waals surface area contributed by atoms with Crippen LogP contribution in [0.3, 0.4) is 0 Å². The number of rotatable bonds is 7. The summed E-state index contributed by atoms with van der Waals surface area (Å²) in [5.41, 5.74) is 0. The number of nitrogens with zero attached hydrogens (tertiary/aromatic N) is 1. The van der Waals surface area contributed by atoms with Gasteiger partial charge in [-0.05, 0) is 34.5 Å². The van der Waals surface area contributed by atoms with Crippen LogP contribution in [0.25, 0.3) is 0 Å². The van der Waals surface area contributed by atoms with Gasteiger partial charge in [-0.1, -0.05) is 13.8 Å². The largest absolute Gasteiger partial charge is 0.469 e. The van der Waals surface area contributed by atoms with Gasteiger partial charge in [0.15, 0.2) is 10.4 Å². The molecule has 1 aromatic rings. The number of amides is 1. The first-order valence-corrected chi connectivity index (χ1v) is 7.48. The normalized spacial score (nSPS) is 13.6. The molecular weight excluding hydrogens is 342 g/mol. The van der Waals surface area contributed by atoms with E-state index < -0.39 is 11.9 Å². The molecule has 0 aliphatic heterocycles. The molecule has 0 saturated heterocycles. The van der Waals surface area contributed by atoms with Gasteiger partial charge in [0.05, 0.1) is 25.7 Å². The number of halogens is 1. The van der Waals surface area contributed by atoms with Crippen LogP contribution in [-0.4, -0.2) is 48.2 Å². The molecule has 7 heteroatoms. The summed E-state index contributed by atoms with van der Waals surface area (Å²) in [4.78, 5) is 25.5. The van der Waals surface area contributed by atoms with E-state index in [4.69, 9.17) is 4.42 Å². The molecule has 1 aromatic heterocycles. The third kappa shape index (κ3) is 4.57. The van der Waals surface area contributed by atoms with E-state index in [1.807, 2.05) is 6.92 Å². The lowest BCUT2D eigenvalue weighted by molar-refractivity contribution is -0.145. The van der Waals surface area contributed by atoms with Crippen molar-refractivity contribution in [2.45, 2.75) is 26.3 Å². The van der Waals surface area contributed by atoms with Gasteiger partial charge in [0.25, 0.3) is 5.91 Å². The summed E-state index contributed by atoms with van der Waals surface area (Å²) in [5, 5.41) is 9.46. The van der Waals surface area contributed by atoms with Gasteiger partial charge in [0, 0.05) is 6.54 Å². The number of methoxy groups -OCH3 is 1. The Morgan fingerprint density at radius 1 is 1.48 bits per heavy atom. The van der Waals surface area contributed by atoms with Gasteiger partial charge in [-0.15, -0.1) is 0 Å². The Morgan fingerprint density at radius 2 is 2.14 bits per heavy atom. The van der Waals surface area contributed by atoms with E-state index in [9.17, 15) is 14.7 Å². The number of hydrogen-bond acceptors (Lipinski definition) is 5. The fraction of sp³-hybridized carbons (Fsp3) is 0.571. The predicted molar refractivity (Wildman–Crippen MR) is 79.8 cm³/mol. The van der Waals surface area contributed by atoms with Crippen molar-refractivity contribution >= 4 is 27.8 Å². The second-order valence-electron chi connectivity index (χ2n) is 4.73. The van der Waals surface area contributed by atoms with Crippen molar-refractivity contribution in [3.8, 4) is 0 Å². The van der Waals surface area contributed by atoms with Gasteiger partial charge in [0.2, 0.25) is 0 Å². The van der Waals surface area contributed by atoms with Gasteiger partial charge in [-0.3, -0.25) is 9.59 Å². The maximum atomic E-state index is 12.5. The molecule has 1 heterocycles. The molecule has 0 bridgehead atoms. The summed E-state index contributed by atoms with van der Waals surface area (Å²) in [6, 6.07) is 2.79. The number of furan rings is 1. The third-order valence-corrected chi connectivity index (χ3v) is 3.67. The van der Waals surface area contributed by atoms with Crippen molar-refractivity contribution in [2.75, 3.05) is 20.3 Å². The van der Waals surface area contributed by atoms with E-state index in [0.29, 0.717) is 11.1 Å². The minimum Gasteiger partial charge on any atom is -0.469 e. The molecule has 0 aliphatic carbocycles. The number of hydrogen-bond donors (Lipinski definition) is 1. The summed E-state index contributed by atoms with van der Waals surface area (Å²) in [6.07, 6.45) is 0.567. The lowest BCUT2D eigenvalue weighted by Gasteiger charge is -2.30. The lowest BCUT2D eigenvalue weighted by Crippen LogP contribution is -2.45. The van der Waals surface area contributed by atoms with Gasteiger partial charge < -0.3 is 19.2 Å². The van der Waals surface area contributed by atoms with Crippen molar-refractivity contribution in [1.29, 1.82) is 0 Å². The van der Waals surface area contributed by atoms with Gasteiger partial charge in [0.1, 0.15) is 0 Å². The highest BCUT2D eigenvalue weighted by Crippen LogP contribution is 2.19. The predicted octanol–water partition coefficient (Wildman–Crippen LogP) is 2.06. The van der Waals surface area contributed by atoms with Gasteiger partial charge in [-0.2, -0.15) is 0 Å². The molecule has 6 nitrogen and oxygen atoms in total. The highest BCUT2D eigenvalue weighted by atomic mass is 79.9. The topological polar surface area (TPSA) is 80.0 Å². The molecule has 1 rings (SSSR count). The Balaban J connectivity index is 2.96. The number of carbonyl (C=O) groups is 2. The quantitative estimate of drug-likeness (QED) is 0.751. The zero-order valence-corrected chi connectivity index (χ0v) is 13.9. The Bertz CT molecular complexity index is 483. The molecule has 0 radical (unpaired) electrons. The maximum Gasteiger partial charge on any atom is 0.310 e. The van der Waals surface area contributed by atoms with Crippen LogP contribution in [0.4, 0.5) is 0 Å². The molecule has 118 valence electrons. The number of esters is 1. The van der Waals surface area contributed by atoms with E-state index in [0.717, 1.165) is 0 Å². The zero-order chi connectivity index (χ0) is 16.0. The van der Waals surface area contributed by atoms with Crippen LogP contribution in [0.1, 0.15) is 30.8 Å². The van der Waals surface area contributed by atoms with E-state index in [1.54, 1.807) is 19.1 Å². The van der Waals surface area contributed by atoms with Crippen LogP contribution in [0.5, 0.6) is 0 Å². The molecule has 0 aliphatic rings. The van der Waals surface area contributed by atoms with Crippen LogP contribution < -0.4 is 0 Å². The summed E-state index contributed by atoms with van der Waals surface area (Å²) in [7, 11) is 1.30. The Kier molecular flexibility index (Phi) is 6.91. The number of aliphatic hydroxyl groups excluding tert-OH is 1. The van der Waals surface area contributed by atoms with E-state index >= 15 is 0 Å². The van der Waals surface area contributed by atoms with Crippen LogP contribution >= 0.6 is 15.9 Å². The average molecular weight is 362 g/mol. The Labute approximate surface area is 132 Å². The van der Waals surface area contributed by atoms with Crippen molar-refractivity contribution in [1.82, 2.24) is 4.90 Å². The number of ether oxygens (including phenoxy) is 1. The van der Waals surface area contributed by atoms with Crippen molar-refractivity contribution in [3.05, 3.63) is 22.6 Å². The second-order valence-corrected chi connectivity index (χ2v) is 5.51. The lowest BCUT2D eigenvalue weighted by atomic mass is 10.1. The van der Waals surface area contributed by atoms with Crippen LogP contribution in [0.15, 0.2) is 21.2 Å². The number of carbonyl (C=O) groups excluding carboxylic acids is 2. The Morgan fingerprint density at radius 3 is 2.57 bits per heavy atom. The fourth-order valence-electron chi connectivity index (χ4n) is 1.99. The fourth-order valence-corrected chi connectivity index (χ4v) is 2.29. The summed E-state index contributed by atoms with van der Waals surface area (Å²) < 4.78 is 10.4. The monoisotopic (exact) mass is 361 g/mol. The van der Waals surface area contributed by atoms with Gasteiger partial charge in [-0.25, -0.2) is 0 Å². The first-order valence-electron chi connectivity index (χ1n) is 6.69.